The molecule has 0 fully saturated rings. The first kappa shape index (κ1) is 98.6. The number of rotatable bonds is 57. The van der Waals surface area contributed by atoms with Crippen LogP contribution in [0.25, 0.3) is 0 Å². The lowest BCUT2D eigenvalue weighted by Gasteiger charge is -2.29. The number of phenolic OH excluding ortho intramolecular Hbond substituents is 1. The highest BCUT2D eigenvalue weighted by Crippen LogP contribution is 2.15. The molecule has 0 radical (unpaired) electrons. The highest BCUT2D eigenvalue weighted by molar-refractivity contribution is 6.00. The zero-order valence-electron chi connectivity index (χ0n) is 63.3. The SMILES string of the molecule is CC(C)[C@H](NC(=O)[C@H](CC(=O)O)NC(=O)[C@H](CCCCN)NC(=O)[C@@H](N)CCCN=C(N)N)C(=O)N[C@@H](Cc1ccc(O)cc1)C(=O)N[C@@H](CCC(=O)O)C(=O)N[C@@H](C)C(=O)N[C@@H](CCC(=O)O)C(=O)N[C@@H](C)C(=O)N[C@@H](CCCCN)C(=O)NCC(=O)N[C@@H](CCCCN)C(=O)N[C@@H](C)C(=O)N[C@@H](CCC(=O)O)C(=O)O. The van der Waals surface area contributed by atoms with Crippen molar-refractivity contribution >= 4 is 113 Å². The first-order chi connectivity index (χ1) is 52.6. The maximum Gasteiger partial charge on any atom is 0.326 e. The van der Waals surface area contributed by atoms with E-state index in [1.807, 2.05) is 0 Å². The van der Waals surface area contributed by atoms with Crippen molar-refractivity contribution in [2.45, 2.75) is 235 Å². The molecule has 0 saturated carbocycles. The van der Waals surface area contributed by atoms with Gasteiger partial charge in [0, 0.05) is 32.2 Å². The molecule has 13 amide bonds. The van der Waals surface area contributed by atoms with Gasteiger partial charge in [-0.25, -0.2) is 4.79 Å². The minimum absolute atomic E-state index is 0.0264. The Morgan fingerprint density at radius 1 is 0.375 bits per heavy atom. The summed E-state index contributed by atoms with van der Waals surface area (Å²) in [5.74, 6) is -22.2. The van der Waals surface area contributed by atoms with E-state index in [0.717, 1.165) is 13.8 Å². The zero-order valence-corrected chi connectivity index (χ0v) is 63.3. The topological polar surface area (TPSA) is 754 Å². The molecule has 0 bridgehead atoms. The minimum atomic E-state index is -1.90. The van der Waals surface area contributed by atoms with Crippen LogP contribution < -0.4 is 104 Å². The number of phenols is 1. The number of benzene rings is 1. The second-order valence-electron chi connectivity index (χ2n) is 26.7. The van der Waals surface area contributed by atoms with Crippen molar-refractivity contribution in [3.8, 4) is 5.75 Å². The number of guanidine groups is 1. The van der Waals surface area contributed by atoms with Crippen LogP contribution in [0.15, 0.2) is 29.3 Å². The van der Waals surface area contributed by atoms with Gasteiger partial charge in [-0.2, -0.15) is 0 Å². The van der Waals surface area contributed by atoms with Gasteiger partial charge < -0.3 is 134 Å². The summed E-state index contributed by atoms with van der Waals surface area (Å²) in [5.41, 5.74) is 34.0. The summed E-state index contributed by atoms with van der Waals surface area (Å²) in [6.07, 6.45) is -3.27. The number of nitrogens with two attached hydrogens (primary N) is 6. The molecule has 0 saturated heterocycles. The number of amides is 13. The van der Waals surface area contributed by atoms with Crippen molar-refractivity contribution in [2.24, 2.45) is 45.3 Å². The fourth-order valence-corrected chi connectivity index (χ4v) is 10.4. The number of carboxylic acid groups (broad SMARTS) is 5. The van der Waals surface area contributed by atoms with Gasteiger partial charge in [0.2, 0.25) is 76.8 Å². The number of aliphatic imine (C=N–C) groups is 1. The standard InChI is InChI=1S/C68H112N20O24/c1-34(2)54(88-65(109)48(32-53(97)98)86-63(107)43(16-8-11-29-71)83-58(102)40(72)13-12-30-75-68(73)74)66(110)87-47(31-38-17-19-39(89)20-18-38)64(108)84-45(22-25-51(93)94)62(106)79-36(4)56(100)82-44(21-24-50(91)92)61(105)78-35(3)55(99)81-41(14-6-9-27-69)59(103)76-33-49(90)80-42(15-7-10-28-70)60(104)77-37(5)57(101)85-46(67(111)112)23-26-52(95)96/h17-20,34-37,40-48,54,89H,6-16,21-33,69-72H2,1-5H3,(H,76,103)(H,77,104)(H,78,105)(H,79,106)(H,80,90)(H,81,99)(H,82,100)(H,83,102)(H,84,108)(H,85,101)(H,86,107)(H,87,110)(H,88,109)(H,91,92)(H,93,94)(H,95,96)(H,97,98)(H,111,112)(H4,73,74,75)/t35-,36-,37-,40-,41-,42-,43-,44-,45-,46-,47-,48-,54-/m0/s1. The molecule has 13 atom stereocenters. The Hall–Kier alpha value is -11.4. The predicted molar refractivity (Wildman–Crippen MR) is 397 cm³/mol. The van der Waals surface area contributed by atoms with Crippen molar-refractivity contribution in [3.63, 3.8) is 0 Å². The van der Waals surface area contributed by atoms with Gasteiger partial charge in [-0.1, -0.05) is 26.0 Å². The Kier molecular flexibility index (Phi) is 46.4. The lowest BCUT2D eigenvalue weighted by Crippen LogP contribution is -2.61. The van der Waals surface area contributed by atoms with E-state index < -0.39 is 249 Å². The molecule has 44 nitrogen and oxygen atoms in total. The monoisotopic (exact) mass is 1590 g/mol. The van der Waals surface area contributed by atoms with Crippen LogP contribution in [0.3, 0.4) is 0 Å². The maximum atomic E-state index is 14.5. The molecule has 0 spiro atoms. The number of aliphatic carboxylic acids is 5. The van der Waals surface area contributed by atoms with Gasteiger partial charge >= 0.3 is 29.8 Å². The largest absolute Gasteiger partial charge is 0.508 e. The molecular formula is C68H112N20O24. The van der Waals surface area contributed by atoms with Crippen LogP contribution in [0.4, 0.5) is 0 Å². The van der Waals surface area contributed by atoms with Crippen molar-refractivity contribution in [1.82, 2.24) is 69.1 Å². The minimum Gasteiger partial charge on any atom is -0.508 e. The van der Waals surface area contributed by atoms with Crippen LogP contribution in [0.2, 0.25) is 0 Å². The molecule has 0 heterocycles. The number of hydrogen-bond donors (Lipinski definition) is 25. The highest BCUT2D eigenvalue weighted by Gasteiger charge is 2.38. The van der Waals surface area contributed by atoms with Crippen molar-refractivity contribution in [1.29, 1.82) is 0 Å². The number of unbranched alkanes of at least 4 members (excludes halogenated alkanes) is 3. The van der Waals surface area contributed by atoms with E-state index in [4.69, 9.17) is 39.5 Å². The maximum absolute atomic E-state index is 14.5. The first-order valence-corrected chi connectivity index (χ1v) is 36.3. The number of carboxylic acids is 5. The fraction of sp³-hybridized carbons (Fsp3) is 0.632. The average Bonchev–Trinajstić information content (AvgIpc) is 0.849. The van der Waals surface area contributed by atoms with Crippen LogP contribution in [0.5, 0.6) is 5.75 Å². The predicted octanol–water partition coefficient (Wildman–Crippen LogP) is -7.49. The van der Waals surface area contributed by atoms with Gasteiger partial charge in [0.1, 0.15) is 78.3 Å². The Morgan fingerprint density at radius 3 is 1.14 bits per heavy atom. The van der Waals surface area contributed by atoms with Crippen LogP contribution >= 0.6 is 0 Å². The lowest BCUT2D eigenvalue weighted by molar-refractivity contribution is -0.143. The Balaban J connectivity index is 3.47. The Labute approximate surface area is 645 Å². The van der Waals surface area contributed by atoms with Crippen molar-refractivity contribution in [3.05, 3.63) is 29.8 Å². The Bertz CT molecular complexity index is 3400. The molecular weight excluding hydrogens is 1480 g/mol. The third-order valence-corrected chi connectivity index (χ3v) is 16.8. The molecule has 0 aliphatic carbocycles. The van der Waals surface area contributed by atoms with Gasteiger partial charge in [0.25, 0.3) is 0 Å². The second-order valence-corrected chi connectivity index (χ2v) is 26.7. The van der Waals surface area contributed by atoms with Crippen molar-refractivity contribution in [2.75, 3.05) is 32.7 Å². The molecule has 1 rings (SSSR count). The third-order valence-electron chi connectivity index (χ3n) is 16.8. The number of aromatic hydroxyl groups is 1. The van der Waals surface area contributed by atoms with E-state index in [2.05, 4.69) is 74.1 Å². The van der Waals surface area contributed by atoms with E-state index in [1.165, 1.54) is 45.0 Å². The first-order valence-electron chi connectivity index (χ1n) is 36.3. The lowest BCUT2D eigenvalue weighted by atomic mass is 9.99. The molecule has 628 valence electrons. The van der Waals surface area contributed by atoms with E-state index >= 15 is 0 Å². The average molecular weight is 1590 g/mol. The van der Waals surface area contributed by atoms with Crippen LogP contribution in [-0.4, -0.2) is 255 Å². The molecule has 44 heteroatoms. The number of nitrogens with one attached hydrogen (secondary N) is 13. The number of nitrogens with zero attached hydrogens (tertiary/aromatic N) is 1. The van der Waals surface area contributed by atoms with Crippen LogP contribution in [0.1, 0.15) is 156 Å². The summed E-state index contributed by atoms with van der Waals surface area (Å²) in [4.78, 5) is 241. The second kappa shape index (κ2) is 52.7. The van der Waals surface area contributed by atoms with Gasteiger partial charge in [-0.3, -0.25) is 86.5 Å². The van der Waals surface area contributed by atoms with Gasteiger partial charge in [-0.05, 0) is 154 Å². The van der Waals surface area contributed by atoms with Gasteiger partial charge in [-0.15, -0.1) is 0 Å². The molecule has 31 N–H and O–H groups in total. The van der Waals surface area contributed by atoms with Crippen molar-refractivity contribution < 1.29 is 117 Å². The zero-order chi connectivity index (χ0) is 84.9. The Morgan fingerprint density at radius 2 is 0.732 bits per heavy atom. The molecule has 1 aromatic carbocycles. The van der Waals surface area contributed by atoms with Gasteiger partial charge in [0.05, 0.1) is 19.0 Å². The third kappa shape index (κ3) is 40.3. The van der Waals surface area contributed by atoms with E-state index in [1.54, 1.807) is 0 Å². The molecule has 0 aromatic heterocycles. The summed E-state index contributed by atoms with van der Waals surface area (Å²) in [6, 6.07) is -15.2. The summed E-state index contributed by atoms with van der Waals surface area (Å²) >= 11 is 0. The fourth-order valence-electron chi connectivity index (χ4n) is 10.4. The smallest absolute Gasteiger partial charge is 0.326 e. The molecule has 1 aromatic rings. The number of hydrogen-bond acceptors (Lipinski definition) is 24. The normalized spacial score (nSPS) is 14.4. The van der Waals surface area contributed by atoms with E-state index in [9.17, 15) is 112 Å². The summed E-state index contributed by atoms with van der Waals surface area (Å²) in [6.45, 7) is 6.27. The van der Waals surface area contributed by atoms with Crippen LogP contribution in [-0.2, 0) is 92.7 Å². The number of carbonyl (C=O) groups is 18. The summed E-state index contributed by atoms with van der Waals surface area (Å²) in [7, 11) is 0. The quantitative estimate of drug-likeness (QED) is 0.0164. The van der Waals surface area contributed by atoms with E-state index in [0.29, 0.717) is 19.3 Å². The molecule has 0 aliphatic heterocycles. The molecule has 0 aliphatic rings. The number of carbonyl (C=O) groups excluding carboxylic acids is 13. The highest BCUT2D eigenvalue weighted by atomic mass is 16.4. The molecule has 0 unspecified atom stereocenters. The van der Waals surface area contributed by atoms with Gasteiger partial charge in [0.15, 0.2) is 5.96 Å². The molecule has 112 heavy (non-hydrogen) atoms. The summed E-state index contributed by atoms with van der Waals surface area (Å²) in [5, 5.41) is 88.4. The van der Waals surface area contributed by atoms with E-state index in [-0.39, 0.29) is 94.8 Å². The summed E-state index contributed by atoms with van der Waals surface area (Å²) < 4.78 is 0. The van der Waals surface area contributed by atoms with Crippen LogP contribution in [0, 0.1) is 5.92 Å².